The minimum absolute atomic E-state index is 0.0387. The van der Waals surface area contributed by atoms with Gasteiger partial charge in [0.15, 0.2) is 0 Å². The summed E-state index contributed by atoms with van der Waals surface area (Å²) in [7, 11) is 1.92. The number of nitrogens with one attached hydrogen (secondary N) is 1. The lowest BCUT2D eigenvalue weighted by atomic mass is 10.1. The molecule has 0 aliphatic carbocycles. The van der Waals surface area contributed by atoms with Gasteiger partial charge in [0.1, 0.15) is 0 Å². The maximum Gasteiger partial charge on any atom is 0.227 e. The van der Waals surface area contributed by atoms with Gasteiger partial charge in [-0.05, 0) is 31.4 Å². The number of amides is 1. The summed E-state index contributed by atoms with van der Waals surface area (Å²) in [4.78, 5) is 16.6. The van der Waals surface area contributed by atoms with Crippen LogP contribution in [0.4, 0.5) is 5.95 Å². The largest absolute Gasteiger partial charge is 0.313 e. The van der Waals surface area contributed by atoms with Gasteiger partial charge in [0.2, 0.25) is 11.9 Å². The number of aryl methyl sites for hydroxylation is 2. The van der Waals surface area contributed by atoms with Crippen LogP contribution in [0.1, 0.15) is 28.9 Å². The fourth-order valence-corrected chi connectivity index (χ4v) is 2.95. The Bertz CT molecular complexity index is 863. The van der Waals surface area contributed by atoms with Crippen LogP contribution in [0.15, 0.2) is 42.7 Å². The molecule has 0 bridgehead atoms. The number of imidazole rings is 1. The highest BCUT2D eigenvalue weighted by molar-refractivity contribution is 5.89. The van der Waals surface area contributed by atoms with E-state index < -0.39 is 0 Å². The van der Waals surface area contributed by atoms with Gasteiger partial charge in [-0.25, -0.2) is 4.98 Å². The van der Waals surface area contributed by atoms with Gasteiger partial charge in [0.25, 0.3) is 0 Å². The lowest BCUT2D eigenvalue weighted by molar-refractivity contribution is -0.116. The Morgan fingerprint density at radius 2 is 1.96 bits per heavy atom. The van der Waals surface area contributed by atoms with Crippen LogP contribution in [0.2, 0.25) is 0 Å². The van der Waals surface area contributed by atoms with Crippen LogP contribution in [0.3, 0.4) is 0 Å². The van der Waals surface area contributed by atoms with Crippen molar-refractivity contribution in [3.8, 4) is 0 Å². The second-order valence-electron chi connectivity index (χ2n) is 6.19. The summed E-state index contributed by atoms with van der Waals surface area (Å²) < 4.78 is 3.79. The monoisotopic (exact) mass is 337 g/mol. The molecule has 0 atom stereocenters. The lowest BCUT2D eigenvalue weighted by Gasteiger charge is -2.09. The van der Waals surface area contributed by atoms with E-state index in [1.165, 1.54) is 0 Å². The third kappa shape index (κ3) is 3.96. The summed E-state index contributed by atoms with van der Waals surface area (Å²) in [5.74, 6) is 0.539. The normalized spacial score (nSPS) is 10.8. The fourth-order valence-electron chi connectivity index (χ4n) is 2.95. The van der Waals surface area contributed by atoms with E-state index in [0.717, 1.165) is 22.5 Å². The first-order valence-corrected chi connectivity index (χ1v) is 8.38. The van der Waals surface area contributed by atoms with Crippen LogP contribution in [-0.2, 0) is 24.8 Å². The highest BCUT2D eigenvalue weighted by Crippen LogP contribution is 2.15. The standard InChI is InChI=1S/C19H23N5O/c1-14-17(15(2)23(3)22-14)9-10-18(25)21-19-20-11-12-24(19)13-16-7-5-4-6-8-16/h4-8,11-12H,9-10,13H2,1-3H3,(H,20,21,25). The first kappa shape index (κ1) is 17.0. The maximum absolute atomic E-state index is 12.3. The minimum Gasteiger partial charge on any atom is -0.313 e. The van der Waals surface area contributed by atoms with Gasteiger partial charge >= 0.3 is 0 Å². The Morgan fingerprint density at radius 3 is 2.64 bits per heavy atom. The Kier molecular flexibility index (Phi) is 4.97. The van der Waals surface area contributed by atoms with Crippen molar-refractivity contribution >= 4 is 11.9 Å². The molecule has 0 fully saturated rings. The summed E-state index contributed by atoms with van der Waals surface area (Å²) >= 11 is 0. The molecule has 3 aromatic rings. The fraction of sp³-hybridized carbons (Fsp3) is 0.316. The van der Waals surface area contributed by atoms with Gasteiger partial charge in [-0.3, -0.25) is 14.8 Å². The molecule has 6 heteroatoms. The average molecular weight is 337 g/mol. The first-order chi connectivity index (χ1) is 12.0. The number of aromatic nitrogens is 4. The van der Waals surface area contributed by atoms with E-state index in [0.29, 0.717) is 25.3 Å². The summed E-state index contributed by atoms with van der Waals surface area (Å²) in [6.07, 6.45) is 4.66. The van der Waals surface area contributed by atoms with Crippen LogP contribution < -0.4 is 5.32 Å². The zero-order valence-corrected chi connectivity index (χ0v) is 14.9. The Morgan fingerprint density at radius 1 is 1.20 bits per heavy atom. The molecule has 1 amide bonds. The Labute approximate surface area is 147 Å². The molecule has 0 radical (unpaired) electrons. The maximum atomic E-state index is 12.3. The average Bonchev–Trinajstić information content (AvgIpc) is 3.11. The van der Waals surface area contributed by atoms with Crippen molar-refractivity contribution in [2.24, 2.45) is 7.05 Å². The summed E-state index contributed by atoms with van der Waals surface area (Å²) in [5.41, 5.74) is 4.40. The zero-order valence-electron chi connectivity index (χ0n) is 14.9. The third-order valence-corrected chi connectivity index (χ3v) is 4.42. The van der Waals surface area contributed by atoms with Gasteiger partial charge in [-0.1, -0.05) is 30.3 Å². The lowest BCUT2D eigenvalue weighted by Crippen LogP contribution is -2.16. The van der Waals surface area contributed by atoms with Crippen molar-refractivity contribution < 1.29 is 4.79 Å². The number of nitrogens with zero attached hydrogens (tertiary/aromatic N) is 4. The van der Waals surface area contributed by atoms with Crippen molar-refractivity contribution in [3.63, 3.8) is 0 Å². The van der Waals surface area contributed by atoms with E-state index in [2.05, 4.69) is 27.5 Å². The van der Waals surface area contributed by atoms with Crippen LogP contribution in [0.25, 0.3) is 0 Å². The molecule has 2 aromatic heterocycles. The molecule has 0 spiro atoms. The topological polar surface area (TPSA) is 64.7 Å². The third-order valence-electron chi connectivity index (χ3n) is 4.42. The predicted molar refractivity (Wildman–Crippen MR) is 97.4 cm³/mol. The smallest absolute Gasteiger partial charge is 0.227 e. The molecular weight excluding hydrogens is 314 g/mol. The number of hydrogen-bond acceptors (Lipinski definition) is 3. The molecular formula is C19H23N5O. The molecule has 3 rings (SSSR count). The highest BCUT2D eigenvalue weighted by atomic mass is 16.1. The van der Waals surface area contributed by atoms with E-state index in [9.17, 15) is 4.79 Å². The molecule has 6 nitrogen and oxygen atoms in total. The van der Waals surface area contributed by atoms with Gasteiger partial charge < -0.3 is 4.57 Å². The van der Waals surface area contributed by atoms with Crippen LogP contribution in [0.5, 0.6) is 0 Å². The van der Waals surface area contributed by atoms with Crippen molar-refractivity contribution in [1.29, 1.82) is 0 Å². The molecule has 0 saturated heterocycles. The molecule has 0 aliphatic heterocycles. The number of carbonyl (C=O) groups is 1. The summed E-state index contributed by atoms with van der Waals surface area (Å²) in [5, 5.41) is 7.31. The molecule has 2 heterocycles. The number of anilines is 1. The Balaban J connectivity index is 1.61. The molecule has 130 valence electrons. The van der Waals surface area contributed by atoms with Crippen molar-refractivity contribution in [2.45, 2.75) is 33.2 Å². The van der Waals surface area contributed by atoms with E-state index in [1.807, 2.05) is 54.5 Å². The van der Waals surface area contributed by atoms with Gasteiger partial charge in [-0.2, -0.15) is 5.10 Å². The second kappa shape index (κ2) is 7.34. The van der Waals surface area contributed by atoms with Crippen LogP contribution >= 0.6 is 0 Å². The number of rotatable bonds is 6. The highest BCUT2D eigenvalue weighted by Gasteiger charge is 2.13. The van der Waals surface area contributed by atoms with Crippen LogP contribution in [0, 0.1) is 13.8 Å². The van der Waals surface area contributed by atoms with Crippen LogP contribution in [-0.4, -0.2) is 25.2 Å². The van der Waals surface area contributed by atoms with Gasteiger partial charge in [0.05, 0.1) is 12.2 Å². The number of carbonyl (C=O) groups excluding carboxylic acids is 1. The predicted octanol–water partition coefficient (Wildman–Crippen LogP) is 2.85. The molecule has 1 aromatic carbocycles. The number of hydrogen-bond donors (Lipinski definition) is 1. The van der Waals surface area contributed by atoms with Crippen molar-refractivity contribution in [1.82, 2.24) is 19.3 Å². The molecule has 0 unspecified atom stereocenters. The molecule has 0 aliphatic rings. The molecule has 0 saturated carbocycles. The summed E-state index contributed by atoms with van der Waals surface area (Å²) in [6.45, 7) is 4.68. The zero-order chi connectivity index (χ0) is 17.8. The minimum atomic E-state index is -0.0387. The summed E-state index contributed by atoms with van der Waals surface area (Å²) in [6, 6.07) is 10.1. The van der Waals surface area contributed by atoms with E-state index in [-0.39, 0.29) is 5.91 Å². The van der Waals surface area contributed by atoms with Crippen molar-refractivity contribution in [2.75, 3.05) is 5.32 Å². The SMILES string of the molecule is Cc1nn(C)c(C)c1CCC(=O)Nc1nccn1Cc1ccccc1. The van der Waals surface area contributed by atoms with Gasteiger partial charge in [0, 0.05) is 31.6 Å². The molecule has 1 N–H and O–H groups in total. The van der Waals surface area contributed by atoms with E-state index in [4.69, 9.17) is 0 Å². The number of benzene rings is 1. The van der Waals surface area contributed by atoms with E-state index >= 15 is 0 Å². The second-order valence-corrected chi connectivity index (χ2v) is 6.19. The quantitative estimate of drug-likeness (QED) is 0.752. The van der Waals surface area contributed by atoms with Gasteiger partial charge in [-0.15, -0.1) is 0 Å². The molecule has 25 heavy (non-hydrogen) atoms. The van der Waals surface area contributed by atoms with E-state index in [1.54, 1.807) is 6.20 Å². The Hall–Kier alpha value is -2.89. The van der Waals surface area contributed by atoms with Crippen molar-refractivity contribution in [3.05, 3.63) is 65.2 Å². The first-order valence-electron chi connectivity index (χ1n) is 8.38.